The van der Waals surface area contributed by atoms with Gasteiger partial charge in [-0.3, -0.25) is 4.79 Å². The van der Waals surface area contributed by atoms with Gasteiger partial charge in [-0.05, 0) is 18.2 Å². The zero-order valence-electron chi connectivity index (χ0n) is 13.0. The normalized spacial score (nSPS) is 18.1. The first-order valence-electron chi connectivity index (χ1n) is 7.15. The van der Waals surface area contributed by atoms with E-state index in [0.29, 0.717) is 11.4 Å². The Hall–Kier alpha value is -1.63. The topological polar surface area (TPSA) is 66.5 Å². The summed E-state index contributed by atoms with van der Waals surface area (Å²) in [4.78, 5) is 13.7. The number of nitrogens with one attached hydrogen (secondary N) is 1. The fourth-order valence-corrected chi connectivity index (χ4v) is 3.31. The van der Waals surface area contributed by atoms with E-state index in [1.807, 2.05) is 0 Å². The molecule has 0 atom stereocenters. The fourth-order valence-electron chi connectivity index (χ4n) is 2.10. The molecule has 22 heavy (non-hydrogen) atoms. The molecule has 0 saturated carbocycles. The molecule has 1 N–H and O–H groups in total. The van der Waals surface area contributed by atoms with Gasteiger partial charge in [-0.2, -0.15) is 0 Å². The summed E-state index contributed by atoms with van der Waals surface area (Å²) in [5, 5.41) is 2.75. The molecule has 1 aromatic rings. The molecule has 1 heterocycles. The zero-order valence-corrected chi connectivity index (χ0v) is 13.8. The van der Waals surface area contributed by atoms with Crippen LogP contribution in [0.2, 0.25) is 0 Å². The predicted molar refractivity (Wildman–Crippen MR) is 85.4 cm³/mol. The minimum atomic E-state index is -3.02. The van der Waals surface area contributed by atoms with Gasteiger partial charge in [-0.1, -0.05) is 20.8 Å². The van der Waals surface area contributed by atoms with Crippen molar-refractivity contribution in [2.75, 3.05) is 34.8 Å². The number of sulfone groups is 1. The molecule has 2 rings (SSSR count). The van der Waals surface area contributed by atoms with Crippen molar-refractivity contribution in [1.29, 1.82) is 0 Å². The highest BCUT2D eigenvalue weighted by Crippen LogP contribution is 2.26. The van der Waals surface area contributed by atoms with Gasteiger partial charge in [0.1, 0.15) is 5.82 Å². The summed E-state index contributed by atoms with van der Waals surface area (Å²) in [7, 11) is -3.02. The summed E-state index contributed by atoms with van der Waals surface area (Å²) in [6.45, 7) is 5.90. The van der Waals surface area contributed by atoms with E-state index >= 15 is 0 Å². The van der Waals surface area contributed by atoms with Crippen molar-refractivity contribution in [3.8, 4) is 0 Å². The van der Waals surface area contributed by atoms with Gasteiger partial charge in [0.05, 0.1) is 17.2 Å². The van der Waals surface area contributed by atoms with Crippen LogP contribution < -0.4 is 10.2 Å². The number of anilines is 2. The number of benzene rings is 1. The molecule has 1 saturated heterocycles. The molecule has 1 fully saturated rings. The number of nitrogens with zero attached hydrogens (tertiary/aromatic N) is 1. The summed E-state index contributed by atoms with van der Waals surface area (Å²) in [6.07, 6.45) is 0. The lowest BCUT2D eigenvalue weighted by molar-refractivity contribution is -0.123. The third-order valence-electron chi connectivity index (χ3n) is 3.57. The van der Waals surface area contributed by atoms with E-state index in [1.54, 1.807) is 31.7 Å². The molecule has 0 unspecified atom stereocenters. The van der Waals surface area contributed by atoms with Crippen LogP contribution in [0.3, 0.4) is 0 Å². The van der Waals surface area contributed by atoms with Gasteiger partial charge in [0.2, 0.25) is 5.91 Å². The molecule has 1 aliphatic heterocycles. The number of carbonyl (C=O) groups excluding carboxylic acids is 1. The van der Waals surface area contributed by atoms with Crippen molar-refractivity contribution in [2.24, 2.45) is 5.41 Å². The first-order valence-corrected chi connectivity index (χ1v) is 8.97. The average Bonchev–Trinajstić information content (AvgIpc) is 2.40. The predicted octanol–water partition coefficient (Wildman–Crippen LogP) is 2.05. The maximum Gasteiger partial charge on any atom is 0.229 e. The van der Waals surface area contributed by atoms with Gasteiger partial charge < -0.3 is 10.2 Å². The Kier molecular flexibility index (Phi) is 4.47. The van der Waals surface area contributed by atoms with Gasteiger partial charge in [-0.15, -0.1) is 0 Å². The highest BCUT2D eigenvalue weighted by Gasteiger charge is 2.25. The van der Waals surface area contributed by atoms with Gasteiger partial charge >= 0.3 is 0 Å². The molecule has 0 spiro atoms. The van der Waals surface area contributed by atoms with Gasteiger partial charge in [0.25, 0.3) is 0 Å². The maximum absolute atomic E-state index is 14.0. The third kappa shape index (κ3) is 3.97. The van der Waals surface area contributed by atoms with Gasteiger partial charge in [0, 0.05) is 24.2 Å². The van der Waals surface area contributed by atoms with Crippen LogP contribution in [0.25, 0.3) is 0 Å². The number of halogens is 1. The molecular weight excluding hydrogens is 307 g/mol. The Morgan fingerprint density at radius 3 is 2.36 bits per heavy atom. The average molecular weight is 328 g/mol. The van der Waals surface area contributed by atoms with Gasteiger partial charge in [-0.25, -0.2) is 12.8 Å². The maximum atomic E-state index is 14.0. The Balaban J connectivity index is 2.19. The molecule has 0 aliphatic carbocycles. The lowest BCUT2D eigenvalue weighted by atomic mass is 9.95. The third-order valence-corrected chi connectivity index (χ3v) is 5.18. The number of hydrogen-bond acceptors (Lipinski definition) is 4. The second-order valence-corrected chi connectivity index (χ2v) is 8.81. The fraction of sp³-hybridized carbons (Fsp3) is 0.533. The monoisotopic (exact) mass is 328 g/mol. The Morgan fingerprint density at radius 2 is 1.82 bits per heavy atom. The minimum absolute atomic E-state index is 0.0189. The summed E-state index contributed by atoms with van der Waals surface area (Å²) in [5.74, 6) is -0.546. The molecule has 122 valence electrons. The van der Waals surface area contributed by atoms with Crippen molar-refractivity contribution in [1.82, 2.24) is 0 Å². The largest absolute Gasteiger partial charge is 0.367 e. The summed E-state index contributed by atoms with van der Waals surface area (Å²) < 4.78 is 36.9. The summed E-state index contributed by atoms with van der Waals surface area (Å²) in [5.41, 5.74) is 0.277. The van der Waals surface area contributed by atoms with Crippen LogP contribution in [0.4, 0.5) is 15.8 Å². The number of hydrogen-bond donors (Lipinski definition) is 1. The van der Waals surface area contributed by atoms with Crippen molar-refractivity contribution >= 4 is 27.1 Å². The van der Waals surface area contributed by atoms with Crippen LogP contribution in [-0.4, -0.2) is 38.9 Å². The molecule has 1 aliphatic rings. The van der Waals surface area contributed by atoms with Gasteiger partial charge in [0.15, 0.2) is 9.84 Å². The van der Waals surface area contributed by atoms with Crippen molar-refractivity contribution in [2.45, 2.75) is 20.8 Å². The van der Waals surface area contributed by atoms with E-state index in [0.717, 1.165) is 0 Å². The standard InChI is InChI=1S/C15H21FN2O3S/c1-15(2,3)14(19)17-11-4-5-12(16)13(10-11)18-6-8-22(20,21)9-7-18/h4-5,10H,6-9H2,1-3H3,(H,17,19). The Labute approximate surface area is 130 Å². The quantitative estimate of drug-likeness (QED) is 0.902. The smallest absolute Gasteiger partial charge is 0.229 e. The van der Waals surface area contributed by atoms with Crippen LogP contribution in [0.1, 0.15) is 20.8 Å². The highest BCUT2D eigenvalue weighted by atomic mass is 32.2. The van der Waals surface area contributed by atoms with Crippen LogP contribution in [-0.2, 0) is 14.6 Å². The van der Waals surface area contributed by atoms with Crippen molar-refractivity contribution < 1.29 is 17.6 Å². The molecule has 0 radical (unpaired) electrons. The second kappa shape index (κ2) is 5.87. The Bertz CT molecular complexity index is 667. The van der Waals surface area contributed by atoms with Crippen molar-refractivity contribution in [3.63, 3.8) is 0 Å². The SMILES string of the molecule is CC(C)(C)C(=O)Nc1ccc(F)c(N2CCS(=O)(=O)CC2)c1. The van der Waals surface area contributed by atoms with E-state index in [1.165, 1.54) is 12.1 Å². The molecule has 5 nitrogen and oxygen atoms in total. The number of carbonyl (C=O) groups is 1. The highest BCUT2D eigenvalue weighted by molar-refractivity contribution is 7.91. The Morgan fingerprint density at radius 1 is 1.23 bits per heavy atom. The molecule has 7 heteroatoms. The zero-order chi connectivity index (χ0) is 16.5. The van der Waals surface area contributed by atoms with E-state index < -0.39 is 21.1 Å². The molecular formula is C15H21FN2O3S. The number of amides is 1. The molecule has 1 aromatic carbocycles. The lowest BCUT2D eigenvalue weighted by Crippen LogP contribution is -2.40. The summed E-state index contributed by atoms with van der Waals surface area (Å²) >= 11 is 0. The van der Waals surface area contributed by atoms with Crippen LogP contribution in [0, 0.1) is 11.2 Å². The first kappa shape index (κ1) is 16.7. The minimum Gasteiger partial charge on any atom is -0.367 e. The molecule has 0 aromatic heterocycles. The van der Waals surface area contributed by atoms with Crippen LogP contribution in [0.15, 0.2) is 18.2 Å². The second-order valence-electron chi connectivity index (χ2n) is 6.51. The molecule has 0 bridgehead atoms. The van der Waals surface area contributed by atoms with E-state index in [9.17, 15) is 17.6 Å². The van der Waals surface area contributed by atoms with Crippen LogP contribution in [0.5, 0.6) is 0 Å². The molecule has 1 amide bonds. The van der Waals surface area contributed by atoms with Crippen LogP contribution >= 0.6 is 0 Å². The first-order chi connectivity index (χ1) is 10.1. The number of rotatable bonds is 2. The van der Waals surface area contributed by atoms with E-state index in [4.69, 9.17) is 0 Å². The summed E-state index contributed by atoms with van der Waals surface area (Å²) in [6, 6.07) is 4.34. The lowest BCUT2D eigenvalue weighted by Gasteiger charge is -2.29. The van der Waals surface area contributed by atoms with E-state index in [-0.39, 0.29) is 30.5 Å². The van der Waals surface area contributed by atoms with Crippen molar-refractivity contribution in [3.05, 3.63) is 24.0 Å². The van der Waals surface area contributed by atoms with E-state index in [2.05, 4.69) is 5.32 Å².